The second-order valence-corrected chi connectivity index (χ2v) is 6.66. The Kier molecular flexibility index (Phi) is 7.09. The maximum Gasteiger partial charge on any atom is 0.416 e. The van der Waals surface area contributed by atoms with Crippen molar-refractivity contribution in [1.29, 1.82) is 0 Å². The van der Waals surface area contributed by atoms with Crippen molar-refractivity contribution in [2.45, 2.75) is 6.18 Å². The Hall–Kier alpha value is -2.79. The highest BCUT2D eigenvalue weighted by Gasteiger charge is 2.31. The number of phenols is 1. The van der Waals surface area contributed by atoms with Crippen molar-refractivity contribution < 1.29 is 32.6 Å². The number of halogens is 5. The van der Waals surface area contributed by atoms with Crippen LogP contribution in [0.2, 0.25) is 5.02 Å². The average Bonchev–Trinajstić information content (AvgIpc) is 2.65. The molecule has 0 saturated carbocycles. The predicted molar refractivity (Wildman–Crippen MR) is 103 cm³/mol. The van der Waals surface area contributed by atoms with Gasteiger partial charge in [0.15, 0.2) is 11.5 Å². The van der Waals surface area contributed by atoms with Crippen LogP contribution in [0, 0.1) is 0 Å². The second kappa shape index (κ2) is 9.14. The Labute approximate surface area is 175 Å². The molecule has 154 valence electrons. The zero-order valence-electron chi connectivity index (χ0n) is 14.5. The lowest BCUT2D eigenvalue weighted by Crippen LogP contribution is -2.32. The predicted octanol–water partition coefficient (Wildman–Crippen LogP) is 3.92. The third-order valence-corrected chi connectivity index (χ3v) is 4.33. The lowest BCUT2D eigenvalue weighted by molar-refractivity contribution is -0.137. The SMILES string of the molecule is COc1cc(C=NNC(=O)C(=O)Nc2cc(C(F)(F)F)ccc2Cl)cc(Br)c1O. The van der Waals surface area contributed by atoms with Gasteiger partial charge in [0, 0.05) is 0 Å². The number of alkyl halides is 3. The zero-order chi connectivity index (χ0) is 21.8. The molecule has 0 spiro atoms. The van der Waals surface area contributed by atoms with Gasteiger partial charge in [-0.05, 0) is 51.8 Å². The molecule has 0 aliphatic heterocycles. The van der Waals surface area contributed by atoms with Crippen LogP contribution in [-0.4, -0.2) is 30.2 Å². The summed E-state index contributed by atoms with van der Waals surface area (Å²) in [5, 5.41) is 15.1. The molecule has 0 aliphatic carbocycles. The van der Waals surface area contributed by atoms with E-state index in [9.17, 15) is 27.9 Å². The zero-order valence-corrected chi connectivity index (χ0v) is 16.8. The van der Waals surface area contributed by atoms with Gasteiger partial charge in [-0.2, -0.15) is 18.3 Å². The van der Waals surface area contributed by atoms with Crippen molar-refractivity contribution in [2.75, 3.05) is 12.4 Å². The first-order valence-electron chi connectivity index (χ1n) is 7.60. The van der Waals surface area contributed by atoms with Gasteiger partial charge in [0.25, 0.3) is 0 Å². The Morgan fingerprint density at radius 1 is 1.24 bits per heavy atom. The van der Waals surface area contributed by atoms with Crippen LogP contribution in [-0.2, 0) is 15.8 Å². The van der Waals surface area contributed by atoms with Crippen LogP contribution in [0.3, 0.4) is 0 Å². The molecule has 0 atom stereocenters. The molecule has 2 rings (SSSR count). The number of ether oxygens (including phenoxy) is 1. The molecule has 2 amide bonds. The average molecular weight is 495 g/mol. The van der Waals surface area contributed by atoms with E-state index < -0.39 is 23.6 Å². The van der Waals surface area contributed by atoms with Crippen LogP contribution in [0.5, 0.6) is 11.5 Å². The summed E-state index contributed by atoms with van der Waals surface area (Å²) >= 11 is 8.87. The molecule has 2 aromatic rings. The van der Waals surface area contributed by atoms with Crippen LogP contribution in [0.4, 0.5) is 18.9 Å². The van der Waals surface area contributed by atoms with Crippen LogP contribution < -0.4 is 15.5 Å². The molecule has 0 fully saturated rings. The monoisotopic (exact) mass is 493 g/mol. The third kappa shape index (κ3) is 5.84. The van der Waals surface area contributed by atoms with Crippen molar-refractivity contribution >= 4 is 51.2 Å². The summed E-state index contributed by atoms with van der Waals surface area (Å²) in [6, 6.07) is 5.18. The number of benzene rings is 2. The second-order valence-electron chi connectivity index (χ2n) is 5.40. The standard InChI is InChI=1S/C17H12BrClF3N3O4/c1-29-13-5-8(4-10(18)14(13)26)7-23-25-16(28)15(27)24-12-6-9(17(20,21)22)2-3-11(12)19/h2-7,26H,1H3,(H,24,27)(H,25,28). The Morgan fingerprint density at radius 3 is 2.55 bits per heavy atom. The molecule has 0 unspecified atom stereocenters. The molecular formula is C17H12BrClF3N3O4. The number of anilines is 1. The van der Waals surface area contributed by atoms with Crippen molar-refractivity contribution in [2.24, 2.45) is 5.10 Å². The maximum atomic E-state index is 12.7. The van der Waals surface area contributed by atoms with Crippen LogP contribution in [0.1, 0.15) is 11.1 Å². The Morgan fingerprint density at radius 2 is 1.93 bits per heavy atom. The van der Waals surface area contributed by atoms with Gasteiger partial charge in [-0.1, -0.05) is 11.6 Å². The van der Waals surface area contributed by atoms with E-state index in [1.54, 1.807) is 0 Å². The number of phenolic OH excluding ortho intramolecular Hbond substituents is 1. The van der Waals surface area contributed by atoms with Gasteiger partial charge >= 0.3 is 18.0 Å². The molecule has 0 heterocycles. The summed E-state index contributed by atoms with van der Waals surface area (Å²) in [5.74, 6) is -2.50. The fraction of sp³-hybridized carbons (Fsp3) is 0.118. The quantitative estimate of drug-likeness (QED) is 0.341. The Balaban J connectivity index is 2.06. The molecule has 0 bridgehead atoms. The summed E-state index contributed by atoms with van der Waals surface area (Å²) in [7, 11) is 1.34. The topological polar surface area (TPSA) is 100 Å². The number of aromatic hydroxyl groups is 1. The Bertz CT molecular complexity index is 983. The minimum atomic E-state index is -4.64. The normalized spacial score (nSPS) is 11.4. The number of amides is 2. The largest absolute Gasteiger partial charge is 0.503 e. The van der Waals surface area contributed by atoms with Crippen LogP contribution in [0.15, 0.2) is 39.9 Å². The summed E-state index contributed by atoms with van der Waals surface area (Å²) in [4.78, 5) is 23.7. The van der Waals surface area contributed by atoms with Crippen molar-refractivity contribution in [3.8, 4) is 11.5 Å². The molecule has 0 aromatic heterocycles. The lowest BCUT2D eigenvalue weighted by Gasteiger charge is -2.11. The smallest absolute Gasteiger partial charge is 0.416 e. The van der Waals surface area contributed by atoms with Gasteiger partial charge in [-0.3, -0.25) is 9.59 Å². The van der Waals surface area contributed by atoms with Gasteiger partial charge in [-0.25, -0.2) is 5.43 Å². The molecule has 3 N–H and O–H groups in total. The number of carbonyl (C=O) groups excluding carboxylic acids is 2. The highest BCUT2D eigenvalue weighted by molar-refractivity contribution is 9.10. The first-order chi connectivity index (χ1) is 13.5. The van der Waals surface area contributed by atoms with E-state index in [-0.39, 0.29) is 22.2 Å². The number of hydrogen-bond donors (Lipinski definition) is 3. The van der Waals surface area contributed by atoms with Gasteiger partial charge in [0.2, 0.25) is 0 Å². The van der Waals surface area contributed by atoms with E-state index in [0.717, 1.165) is 18.3 Å². The number of carbonyl (C=O) groups is 2. The van der Waals surface area contributed by atoms with Gasteiger partial charge in [0.1, 0.15) is 0 Å². The number of nitrogens with one attached hydrogen (secondary N) is 2. The van der Waals surface area contributed by atoms with Crippen LogP contribution in [0.25, 0.3) is 0 Å². The fourth-order valence-corrected chi connectivity index (χ4v) is 2.64. The minimum Gasteiger partial charge on any atom is -0.503 e. The summed E-state index contributed by atoms with van der Waals surface area (Å²) in [6.07, 6.45) is -3.48. The molecule has 2 aromatic carbocycles. The molecule has 29 heavy (non-hydrogen) atoms. The van der Waals surface area contributed by atoms with Crippen molar-refractivity contribution in [3.63, 3.8) is 0 Å². The van der Waals surface area contributed by atoms with Gasteiger partial charge in [-0.15, -0.1) is 0 Å². The van der Waals surface area contributed by atoms with Crippen LogP contribution >= 0.6 is 27.5 Å². The molecule has 0 aliphatic rings. The van der Waals surface area contributed by atoms with E-state index in [1.807, 2.05) is 10.7 Å². The summed E-state index contributed by atoms with van der Waals surface area (Å²) < 4.78 is 43.5. The number of hydrazone groups is 1. The number of rotatable bonds is 4. The third-order valence-electron chi connectivity index (χ3n) is 3.40. The van der Waals surface area contributed by atoms with Gasteiger partial charge < -0.3 is 15.2 Å². The highest BCUT2D eigenvalue weighted by atomic mass is 79.9. The first-order valence-corrected chi connectivity index (χ1v) is 8.77. The molecule has 0 saturated heterocycles. The minimum absolute atomic E-state index is 0.133. The molecular weight excluding hydrogens is 483 g/mol. The van der Waals surface area contributed by atoms with Crippen molar-refractivity contribution in [1.82, 2.24) is 5.43 Å². The summed E-state index contributed by atoms with van der Waals surface area (Å²) in [5.41, 5.74) is 0.916. The number of methoxy groups -OCH3 is 1. The van der Waals surface area contributed by atoms with E-state index in [0.29, 0.717) is 16.1 Å². The lowest BCUT2D eigenvalue weighted by atomic mass is 10.2. The van der Waals surface area contributed by atoms with Gasteiger partial charge in [0.05, 0.1) is 34.1 Å². The number of nitrogens with zero attached hydrogens (tertiary/aromatic N) is 1. The number of hydrogen-bond acceptors (Lipinski definition) is 5. The maximum absolute atomic E-state index is 12.7. The molecule has 7 nitrogen and oxygen atoms in total. The van der Waals surface area contributed by atoms with Crippen molar-refractivity contribution in [3.05, 3.63) is 51.0 Å². The first kappa shape index (κ1) is 22.5. The van der Waals surface area contributed by atoms with E-state index in [2.05, 4.69) is 21.0 Å². The highest BCUT2D eigenvalue weighted by Crippen LogP contribution is 2.35. The molecule has 12 heteroatoms. The van der Waals surface area contributed by atoms with E-state index >= 15 is 0 Å². The summed E-state index contributed by atoms with van der Waals surface area (Å²) in [6.45, 7) is 0. The van der Waals surface area contributed by atoms with E-state index in [1.165, 1.54) is 19.2 Å². The molecule has 0 radical (unpaired) electrons. The fourth-order valence-electron chi connectivity index (χ4n) is 2.02. The van der Waals surface area contributed by atoms with E-state index in [4.69, 9.17) is 16.3 Å².